The van der Waals surface area contributed by atoms with Gasteiger partial charge in [0, 0.05) is 47.9 Å². The first-order valence-corrected chi connectivity index (χ1v) is 9.98. The number of rotatable bonds is 5. The van der Waals surface area contributed by atoms with Crippen molar-refractivity contribution in [3.05, 3.63) is 54.2 Å². The van der Waals surface area contributed by atoms with Crippen LogP contribution in [0.25, 0.3) is 10.9 Å². The van der Waals surface area contributed by atoms with Crippen molar-refractivity contribution in [1.82, 2.24) is 9.88 Å². The largest absolute Gasteiger partial charge is 0.497 e. The highest BCUT2D eigenvalue weighted by Gasteiger charge is 2.29. The summed E-state index contributed by atoms with van der Waals surface area (Å²) in [5.74, 6) is 0.739. The number of ether oxygens (including phenoxy) is 2. The molecule has 0 spiro atoms. The second-order valence-electron chi connectivity index (χ2n) is 7.45. The molecule has 2 N–H and O–H groups in total. The first kappa shape index (κ1) is 19.8. The van der Waals surface area contributed by atoms with Crippen LogP contribution in [0.5, 0.6) is 11.5 Å². The Balaban J connectivity index is 1.45. The standard InChI is InChI=1S/C23H25N3O4/c1-29-18-11-17(12-19(13-18)30-2)24-22(27)16-7-5-9-26(14-16)23(28)21-10-15-6-3-4-8-20(15)25-21/h3-4,6,8,10-13,16,25H,5,7,9,14H2,1-2H3,(H,24,27)/t16-/m0/s1. The number of anilines is 1. The topological polar surface area (TPSA) is 83.7 Å². The van der Waals surface area contributed by atoms with E-state index in [0.717, 1.165) is 23.7 Å². The highest BCUT2D eigenvalue weighted by molar-refractivity contribution is 5.99. The van der Waals surface area contributed by atoms with Crippen molar-refractivity contribution in [2.45, 2.75) is 12.8 Å². The lowest BCUT2D eigenvalue weighted by atomic mass is 9.96. The Bertz CT molecular complexity index is 1020. The summed E-state index contributed by atoms with van der Waals surface area (Å²) in [5.41, 5.74) is 2.09. The Morgan fingerprint density at radius 3 is 2.50 bits per heavy atom. The van der Waals surface area contributed by atoms with Gasteiger partial charge >= 0.3 is 0 Å². The molecule has 7 nitrogen and oxygen atoms in total. The van der Waals surface area contributed by atoms with Crippen molar-refractivity contribution >= 4 is 28.4 Å². The summed E-state index contributed by atoms with van der Waals surface area (Å²) in [4.78, 5) is 30.8. The summed E-state index contributed by atoms with van der Waals surface area (Å²) in [6, 6.07) is 14.9. The van der Waals surface area contributed by atoms with Crippen LogP contribution in [0.3, 0.4) is 0 Å². The molecule has 0 saturated carbocycles. The second-order valence-corrected chi connectivity index (χ2v) is 7.45. The summed E-state index contributed by atoms with van der Waals surface area (Å²) >= 11 is 0. The van der Waals surface area contributed by atoms with E-state index in [1.807, 2.05) is 30.3 Å². The summed E-state index contributed by atoms with van der Waals surface area (Å²) in [6.45, 7) is 1.03. The third kappa shape index (κ3) is 4.10. The molecule has 1 aliphatic heterocycles. The van der Waals surface area contributed by atoms with Crippen LogP contribution in [0.1, 0.15) is 23.3 Å². The van der Waals surface area contributed by atoms with E-state index in [2.05, 4.69) is 10.3 Å². The second kappa shape index (κ2) is 8.49. The molecule has 4 rings (SSSR count). The van der Waals surface area contributed by atoms with Crippen LogP contribution in [0, 0.1) is 5.92 Å². The number of fused-ring (bicyclic) bond motifs is 1. The van der Waals surface area contributed by atoms with Gasteiger partial charge in [0.2, 0.25) is 5.91 Å². The van der Waals surface area contributed by atoms with Crippen molar-refractivity contribution in [2.24, 2.45) is 5.92 Å². The van der Waals surface area contributed by atoms with Crippen molar-refractivity contribution < 1.29 is 19.1 Å². The first-order valence-electron chi connectivity index (χ1n) is 9.98. The van der Waals surface area contributed by atoms with Gasteiger partial charge < -0.3 is 24.7 Å². The van der Waals surface area contributed by atoms with E-state index < -0.39 is 0 Å². The van der Waals surface area contributed by atoms with E-state index in [1.165, 1.54) is 0 Å². The zero-order valence-corrected chi connectivity index (χ0v) is 17.1. The maximum atomic E-state index is 13.0. The molecular formula is C23H25N3O4. The lowest BCUT2D eigenvalue weighted by molar-refractivity contribution is -0.121. The minimum Gasteiger partial charge on any atom is -0.497 e. The Morgan fingerprint density at radius 1 is 1.07 bits per heavy atom. The van der Waals surface area contributed by atoms with Gasteiger partial charge in [-0.05, 0) is 25.0 Å². The van der Waals surface area contributed by atoms with Crippen molar-refractivity contribution in [2.75, 3.05) is 32.6 Å². The van der Waals surface area contributed by atoms with E-state index >= 15 is 0 Å². The predicted octanol–water partition coefficient (Wildman–Crippen LogP) is 3.68. The number of likely N-dealkylation sites (tertiary alicyclic amines) is 1. The highest BCUT2D eigenvalue weighted by Crippen LogP contribution is 2.27. The number of nitrogens with one attached hydrogen (secondary N) is 2. The van der Waals surface area contributed by atoms with E-state index in [9.17, 15) is 9.59 Å². The van der Waals surface area contributed by atoms with Crippen LogP contribution in [0.15, 0.2) is 48.5 Å². The minimum atomic E-state index is -0.274. The average Bonchev–Trinajstić information content (AvgIpc) is 3.22. The summed E-state index contributed by atoms with van der Waals surface area (Å²) < 4.78 is 10.5. The van der Waals surface area contributed by atoms with E-state index in [0.29, 0.717) is 36.0 Å². The molecule has 1 atom stereocenters. The number of H-pyrrole nitrogens is 1. The Kier molecular flexibility index (Phi) is 5.61. The van der Waals surface area contributed by atoms with Gasteiger partial charge in [-0.1, -0.05) is 18.2 Å². The van der Waals surface area contributed by atoms with Gasteiger partial charge in [0.15, 0.2) is 0 Å². The fourth-order valence-corrected chi connectivity index (χ4v) is 3.86. The van der Waals surface area contributed by atoms with Gasteiger partial charge in [0.05, 0.1) is 20.1 Å². The van der Waals surface area contributed by atoms with Crippen LogP contribution in [0.2, 0.25) is 0 Å². The Labute approximate surface area is 175 Å². The molecule has 1 fully saturated rings. The van der Waals surface area contributed by atoms with Crippen molar-refractivity contribution in [3.63, 3.8) is 0 Å². The van der Waals surface area contributed by atoms with Gasteiger partial charge in [0.1, 0.15) is 17.2 Å². The molecule has 3 aromatic rings. The third-order valence-corrected chi connectivity index (χ3v) is 5.46. The Hall–Kier alpha value is -3.48. The number of nitrogens with zero attached hydrogens (tertiary/aromatic N) is 1. The fourth-order valence-electron chi connectivity index (χ4n) is 3.86. The molecule has 1 saturated heterocycles. The molecule has 7 heteroatoms. The van der Waals surface area contributed by atoms with Crippen LogP contribution in [-0.4, -0.2) is 49.0 Å². The SMILES string of the molecule is COc1cc(NC(=O)[C@H]2CCCN(C(=O)c3cc4ccccc4[nH]3)C2)cc(OC)c1. The zero-order valence-electron chi connectivity index (χ0n) is 17.1. The lowest BCUT2D eigenvalue weighted by Crippen LogP contribution is -2.43. The molecule has 0 bridgehead atoms. The normalized spacial score (nSPS) is 16.3. The molecule has 156 valence electrons. The van der Waals surface area contributed by atoms with Crippen LogP contribution < -0.4 is 14.8 Å². The van der Waals surface area contributed by atoms with Gasteiger partial charge in [-0.3, -0.25) is 9.59 Å². The van der Waals surface area contributed by atoms with Crippen LogP contribution >= 0.6 is 0 Å². The summed E-state index contributed by atoms with van der Waals surface area (Å²) in [5, 5.41) is 3.94. The fraction of sp³-hybridized carbons (Fsp3) is 0.304. The van der Waals surface area contributed by atoms with E-state index in [1.54, 1.807) is 37.3 Å². The number of piperidine rings is 1. The number of benzene rings is 2. The number of carbonyl (C=O) groups excluding carboxylic acids is 2. The number of carbonyl (C=O) groups is 2. The molecule has 30 heavy (non-hydrogen) atoms. The molecular weight excluding hydrogens is 382 g/mol. The predicted molar refractivity (Wildman–Crippen MR) is 115 cm³/mol. The van der Waals surface area contributed by atoms with Gasteiger partial charge in [-0.25, -0.2) is 0 Å². The Morgan fingerprint density at radius 2 is 1.80 bits per heavy atom. The number of methoxy groups -OCH3 is 2. The van der Waals surface area contributed by atoms with Crippen molar-refractivity contribution in [3.8, 4) is 11.5 Å². The molecule has 2 heterocycles. The highest BCUT2D eigenvalue weighted by atomic mass is 16.5. The molecule has 1 aromatic heterocycles. The quantitative estimate of drug-likeness (QED) is 0.676. The van der Waals surface area contributed by atoms with E-state index in [4.69, 9.17) is 9.47 Å². The van der Waals surface area contributed by atoms with Crippen LogP contribution in [-0.2, 0) is 4.79 Å². The number of para-hydroxylation sites is 1. The molecule has 0 unspecified atom stereocenters. The first-order chi connectivity index (χ1) is 14.6. The minimum absolute atomic E-state index is 0.0771. The number of hydrogen-bond donors (Lipinski definition) is 2. The summed E-state index contributed by atoms with van der Waals surface area (Å²) in [7, 11) is 3.13. The third-order valence-electron chi connectivity index (χ3n) is 5.46. The smallest absolute Gasteiger partial charge is 0.270 e. The van der Waals surface area contributed by atoms with Gasteiger partial charge in [-0.15, -0.1) is 0 Å². The van der Waals surface area contributed by atoms with Crippen LogP contribution in [0.4, 0.5) is 5.69 Å². The molecule has 1 aliphatic rings. The van der Waals surface area contributed by atoms with Crippen molar-refractivity contribution in [1.29, 1.82) is 0 Å². The maximum Gasteiger partial charge on any atom is 0.270 e. The number of amides is 2. The summed E-state index contributed by atoms with van der Waals surface area (Å²) in [6.07, 6.45) is 1.52. The molecule has 0 radical (unpaired) electrons. The zero-order chi connectivity index (χ0) is 21.1. The van der Waals surface area contributed by atoms with Gasteiger partial charge in [-0.2, -0.15) is 0 Å². The molecule has 2 amide bonds. The van der Waals surface area contributed by atoms with E-state index in [-0.39, 0.29) is 17.7 Å². The lowest BCUT2D eigenvalue weighted by Gasteiger charge is -2.31. The monoisotopic (exact) mass is 407 g/mol. The number of aromatic nitrogens is 1. The molecule has 2 aromatic carbocycles. The number of hydrogen-bond acceptors (Lipinski definition) is 4. The maximum absolute atomic E-state index is 13.0. The van der Waals surface area contributed by atoms with Gasteiger partial charge in [0.25, 0.3) is 5.91 Å². The number of aromatic amines is 1. The molecule has 0 aliphatic carbocycles. The average molecular weight is 407 g/mol.